The monoisotopic (exact) mass is 451 g/mol. The summed E-state index contributed by atoms with van der Waals surface area (Å²) in [4.78, 5) is 24.2. The molecule has 0 bridgehead atoms. The predicted molar refractivity (Wildman–Crippen MR) is 120 cm³/mol. The summed E-state index contributed by atoms with van der Waals surface area (Å²) in [5, 5.41) is 8.61. The highest BCUT2D eigenvalue weighted by atomic mass is 16.5. The molecule has 1 saturated heterocycles. The second-order valence-electron chi connectivity index (χ2n) is 7.84. The Morgan fingerprint density at radius 3 is 2.67 bits per heavy atom. The number of benzene rings is 1. The maximum atomic E-state index is 13.0. The van der Waals surface area contributed by atoms with Crippen LogP contribution in [0, 0.1) is 0 Å². The number of methoxy groups -OCH3 is 2. The van der Waals surface area contributed by atoms with Gasteiger partial charge < -0.3 is 18.9 Å². The van der Waals surface area contributed by atoms with Crippen molar-refractivity contribution in [2.75, 3.05) is 32.2 Å². The molecule has 4 heterocycles. The molecular formula is C22H25N7O4. The van der Waals surface area contributed by atoms with Crippen molar-refractivity contribution in [3.63, 3.8) is 0 Å². The molecule has 0 saturated carbocycles. The lowest BCUT2D eigenvalue weighted by molar-refractivity contribution is 0.354. The van der Waals surface area contributed by atoms with E-state index in [2.05, 4.69) is 25.1 Å². The molecule has 0 N–H and O–H groups in total. The molecule has 1 aliphatic heterocycles. The van der Waals surface area contributed by atoms with E-state index >= 15 is 0 Å². The molecule has 11 nitrogen and oxygen atoms in total. The highest BCUT2D eigenvalue weighted by Gasteiger charge is 2.21. The van der Waals surface area contributed by atoms with Crippen molar-refractivity contribution in [2.45, 2.75) is 32.2 Å². The van der Waals surface area contributed by atoms with Crippen LogP contribution in [0.3, 0.4) is 0 Å². The zero-order valence-corrected chi connectivity index (χ0v) is 18.6. The first-order chi connectivity index (χ1) is 16.2. The van der Waals surface area contributed by atoms with Crippen LogP contribution in [0.2, 0.25) is 0 Å². The van der Waals surface area contributed by atoms with E-state index in [1.54, 1.807) is 32.7 Å². The van der Waals surface area contributed by atoms with E-state index in [1.807, 2.05) is 12.1 Å². The van der Waals surface area contributed by atoms with E-state index < -0.39 is 0 Å². The Balaban J connectivity index is 1.46. The third-order valence-electron chi connectivity index (χ3n) is 5.79. The maximum absolute atomic E-state index is 13.0. The molecule has 1 aliphatic rings. The van der Waals surface area contributed by atoms with Crippen molar-refractivity contribution in [1.82, 2.24) is 29.3 Å². The third-order valence-corrected chi connectivity index (χ3v) is 5.79. The molecule has 0 atom stereocenters. The fourth-order valence-corrected chi connectivity index (χ4v) is 4.16. The van der Waals surface area contributed by atoms with E-state index in [-0.39, 0.29) is 18.1 Å². The molecule has 0 unspecified atom stereocenters. The van der Waals surface area contributed by atoms with Crippen molar-refractivity contribution in [3.05, 3.63) is 47.0 Å². The third kappa shape index (κ3) is 3.90. The van der Waals surface area contributed by atoms with Crippen LogP contribution in [0.25, 0.3) is 17.0 Å². The van der Waals surface area contributed by atoms with Gasteiger partial charge in [-0.1, -0.05) is 24.1 Å². The number of nitrogens with zero attached hydrogens (tertiary/aromatic N) is 7. The Labute approximate surface area is 189 Å². The van der Waals surface area contributed by atoms with Crippen LogP contribution in [0.1, 0.15) is 31.6 Å². The molecule has 0 aliphatic carbocycles. The number of fused-ring (bicyclic) bond motifs is 1. The minimum absolute atomic E-state index is 0.0409. The molecular weight excluding hydrogens is 426 g/mol. The first-order valence-electron chi connectivity index (χ1n) is 10.9. The Morgan fingerprint density at radius 1 is 1.09 bits per heavy atom. The lowest BCUT2D eigenvalue weighted by Crippen LogP contribution is -2.26. The number of para-hydroxylation sites is 1. The second kappa shape index (κ2) is 8.93. The number of ether oxygens (including phenoxy) is 2. The number of hydrogen-bond acceptors (Lipinski definition) is 9. The Bertz CT molecular complexity index is 1320. The molecule has 33 heavy (non-hydrogen) atoms. The molecule has 1 fully saturated rings. The van der Waals surface area contributed by atoms with Gasteiger partial charge in [-0.15, -0.1) is 5.10 Å². The van der Waals surface area contributed by atoms with Crippen LogP contribution in [0.4, 0.5) is 5.82 Å². The van der Waals surface area contributed by atoms with Gasteiger partial charge in [-0.05, 0) is 25.0 Å². The van der Waals surface area contributed by atoms with E-state index in [9.17, 15) is 4.79 Å². The summed E-state index contributed by atoms with van der Waals surface area (Å²) in [5.41, 5.74) is 0.864. The summed E-state index contributed by atoms with van der Waals surface area (Å²) in [6.07, 6.45) is 7.89. The summed E-state index contributed by atoms with van der Waals surface area (Å²) >= 11 is 0. The van der Waals surface area contributed by atoms with Gasteiger partial charge >= 0.3 is 5.69 Å². The molecule has 11 heteroatoms. The minimum Gasteiger partial charge on any atom is -0.493 e. The SMILES string of the molecule is COc1cccc(-c2noc(Cn3nc4c(N5CCCCCC5)nccn4c3=O)n2)c1OC. The van der Waals surface area contributed by atoms with Gasteiger partial charge in [0.2, 0.25) is 17.4 Å². The van der Waals surface area contributed by atoms with Crippen LogP contribution in [0.5, 0.6) is 11.5 Å². The topological polar surface area (TPSA) is 113 Å². The molecule has 5 rings (SSSR count). The lowest BCUT2D eigenvalue weighted by Gasteiger charge is -2.20. The number of hydrogen-bond donors (Lipinski definition) is 0. The minimum atomic E-state index is -0.290. The summed E-state index contributed by atoms with van der Waals surface area (Å²) in [6, 6.07) is 5.42. The van der Waals surface area contributed by atoms with Gasteiger partial charge in [-0.3, -0.25) is 0 Å². The molecule has 1 aromatic carbocycles. The van der Waals surface area contributed by atoms with Gasteiger partial charge in [0.15, 0.2) is 17.3 Å². The summed E-state index contributed by atoms with van der Waals surface area (Å²) < 4.78 is 19.0. The summed E-state index contributed by atoms with van der Waals surface area (Å²) in [6.45, 7) is 1.85. The van der Waals surface area contributed by atoms with Gasteiger partial charge in [-0.25, -0.2) is 18.9 Å². The van der Waals surface area contributed by atoms with Crippen LogP contribution >= 0.6 is 0 Å². The fourth-order valence-electron chi connectivity index (χ4n) is 4.16. The van der Waals surface area contributed by atoms with Gasteiger partial charge in [0, 0.05) is 25.5 Å². The van der Waals surface area contributed by atoms with Gasteiger partial charge in [0.25, 0.3) is 0 Å². The molecule has 0 radical (unpaired) electrons. The van der Waals surface area contributed by atoms with Crippen molar-refractivity contribution in [1.29, 1.82) is 0 Å². The van der Waals surface area contributed by atoms with Crippen LogP contribution in [0.15, 0.2) is 39.9 Å². The van der Waals surface area contributed by atoms with Crippen LogP contribution < -0.4 is 20.1 Å². The van der Waals surface area contributed by atoms with E-state index in [1.165, 1.54) is 21.9 Å². The lowest BCUT2D eigenvalue weighted by atomic mass is 10.1. The number of aromatic nitrogens is 6. The molecule has 172 valence electrons. The average Bonchev–Trinajstić information content (AvgIpc) is 3.32. The van der Waals surface area contributed by atoms with E-state index in [0.29, 0.717) is 28.5 Å². The van der Waals surface area contributed by atoms with Crippen molar-refractivity contribution in [3.8, 4) is 22.9 Å². The normalized spacial score (nSPS) is 14.4. The highest BCUT2D eigenvalue weighted by Crippen LogP contribution is 2.36. The van der Waals surface area contributed by atoms with Crippen molar-refractivity contribution < 1.29 is 14.0 Å². The molecule has 0 spiro atoms. The molecule has 4 aromatic rings. The summed E-state index contributed by atoms with van der Waals surface area (Å²) in [5.74, 6) is 2.38. The van der Waals surface area contributed by atoms with Crippen LogP contribution in [-0.4, -0.2) is 56.6 Å². The number of rotatable bonds is 6. The quantitative estimate of drug-likeness (QED) is 0.436. The first kappa shape index (κ1) is 21.0. The van der Waals surface area contributed by atoms with E-state index in [4.69, 9.17) is 14.0 Å². The van der Waals surface area contributed by atoms with Crippen molar-refractivity contribution >= 4 is 11.5 Å². The zero-order chi connectivity index (χ0) is 22.8. The Hall–Kier alpha value is -3.89. The average molecular weight is 451 g/mol. The second-order valence-corrected chi connectivity index (χ2v) is 7.84. The largest absolute Gasteiger partial charge is 0.493 e. The molecule has 3 aromatic heterocycles. The van der Waals surface area contributed by atoms with Gasteiger partial charge in [0.1, 0.15) is 6.54 Å². The fraction of sp³-hybridized carbons (Fsp3) is 0.409. The highest BCUT2D eigenvalue weighted by molar-refractivity contribution is 5.68. The van der Waals surface area contributed by atoms with Gasteiger partial charge in [-0.2, -0.15) is 4.98 Å². The first-order valence-corrected chi connectivity index (χ1v) is 10.9. The Morgan fingerprint density at radius 2 is 1.91 bits per heavy atom. The van der Waals surface area contributed by atoms with Crippen molar-refractivity contribution in [2.24, 2.45) is 0 Å². The van der Waals surface area contributed by atoms with E-state index in [0.717, 1.165) is 31.7 Å². The smallest absolute Gasteiger partial charge is 0.350 e. The predicted octanol–water partition coefficient (Wildman–Crippen LogP) is 2.39. The van der Waals surface area contributed by atoms with Gasteiger partial charge in [0.05, 0.1) is 19.8 Å². The summed E-state index contributed by atoms with van der Waals surface area (Å²) in [7, 11) is 3.11. The maximum Gasteiger partial charge on any atom is 0.350 e. The number of anilines is 1. The zero-order valence-electron chi connectivity index (χ0n) is 18.6. The molecule has 0 amide bonds. The Kier molecular flexibility index (Phi) is 5.68. The van der Waals surface area contributed by atoms with Crippen LogP contribution in [-0.2, 0) is 6.54 Å². The standard InChI is InChI=1S/C22H25N7O4/c1-31-16-9-7-8-15(18(16)32-2)19-24-17(33-26-19)14-29-22(30)28-13-10-23-20(21(28)25-29)27-11-5-3-4-6-12-27/h7-10,13H,3-6,11-12,14H2,1-2H3.